The van der Waals surface area contributed by atoms with Crippen LogP contribution in [-0.2, 0) is 23.9 Å². The number of hydrogen-bond acceptors (Lipinski definition) is 7. The number of unbranched alkanes of at least 4 members (excludes halogenated alkanes) is 3. The van der Waals surface area contributed by atoms with Gasteiger partial charge in [-0.05, 0) is 75.6 Å². The molecule has 9 heteroatoms. The predicted octanol–water partition coefficient (Wildman–Crippen LogP) is 4.04. The monoisotopic (exact) mass is 568 g/mol. The van der Waals surface area contributed by atoms with E-state index in [0.29, 0.717) is 50.0 Å². The molecular formula is C32H44N2O7. The van der Waals surface area contributed by atoms with Crippen molar-refractivity contribution in [2.24, 2.45) is 11.8 Å². The summed E-state index contributed by atoms with van der Waals surface area (Å²) < 4.78 is 17.8. The van der Waals surface area contributed by atoms with Crippen LogP contribution in [0, 0.1) is 11.8 Å². The van der Waals surface area contributed by atoms with E-state index in [1.54, 1.807) is 47.3 Å². The number of carbonyl (C=O) groups excluding carboxylic acids is 3. The minimum Gasteiger partial charge on any atom is -0.497 e. The molecule has 2 unspecified atom stereocenters. The highest BCUT2D eigenvalue weighted by Crippen LogP contribution is 2.64. The number of aliphatic hydroxyl groups excluding tert-OH is 1. The highest BCUT2D eigenvalue weighted by atomic mass is 16.6. The summed E-state index contributed by atoms with van der Waals surface area (Å²) in [6.45, 7) is 10.3. The van der Waals surface area contributed by atoms with Gasteiger partial charge in [-0.3, -0.25) is 14.4 Å². The second-order valence-corrected chi connectivity index (χ2v) is 11.2. The Morgan fingerprint density at radius 1 is 1.15 bits per heavy atom. The normalized spacial score (nSPS) is 27.9. The van der Waals surface area contributed by atoms with Gasteiger partial charge in [0.25, 0.3) is 5.91 Å². The number of allylic oxidation sites excluding steroid dienone is 1. The molecule has 0 radical (unpaired) electrons. The van der Waals surface area contributed by atoms with Crippen LogP contribution in [0.15, 0.2) is 49.6 Å². The first kappa shape index (κ1) is 30.8. The molecule has 2 amide bonds. The van der Waals surface area contributed by atoms with Crippen LogP contribution in [0.4, 0.5) is 5.69 Å². The van der Waals surface area contributed by atoms with Crippen molar-refractivity contribution in [1.82, 2.24) is 4.90 Å². The van der Waals surface area contributed by atoms with E-state index in [2.05, 4.69) is 13.2 Å². The second-order valence-electron chi connectivity index (χ2n) is 11.2. The first-order valence-corrected chi connectivity index (χ1v) is 14.8. The van der Waals surface area contributed by atoms with Crippen LogP contribution < -0.4 is 9.64 Å². The summed E-state index contributed by atoms with van der Waals surface area (Å²) in [5.74, 6) is -1.87. The van der Waals surface area contributed by atoms with Crippen LogP contribution in [0.2, 0.25) is 0 Å². The number of fused-ring (bicyclic) bond motifs is 1. The van der Waals surface area contributed by atoms with E-state index >= 15 is 0 Å². The van der Waals surface area contributed by atoms with Crippen LogP contribution in [-0.4, -0.2) is 78.4 Å². The molecular weight excluding hydrogens is 524 g/mol. The number of likely N-dealkylation sites (tertiary alicyclic amines) is 1. The predicted molar refractivity (Wildman–Crippen MR) is 155 cm³/mol. The number of methoxy groups -OCH3 is 1. The zero-order chi connectivity index (χ0) is 29.6. The van der Waals surface area contributed by atoms with Crippen molar-refractivity contribution in [2.45, 2.75) is 75.5 Å². The molecule has 0 saturated carbocycles. The lowest BCUT2D eigenvalue weighted by atomic mass is 9.65. The quantitative estimate of drug-likeness (QED) is 0.182. The molecule has 4 rings (SSSR count). The zero-order valence-electron chi connectivity index (χ0n) is 24.4. The molecule has 3 saturated heterocycles. The molecule has 3 aliphatic heterocycles. The molecule has 1 N–H and O–H groups in total. The molecule has 1 aromatic carbocycles. The summed E-state index contributed by atoms with van der Waals surface area (Å²) in [5, 5.41) is 9.42. The maximum absolute atomic E-state index is 14.5. The molecule has 5 atom stereocenters. The first-order valence-electron chi connectivity index (χ1n) is 14.8. The van der Waals surface area contributed by atoms with Crippen molar-refractivity contribution in [3.05, 3.63) is 49.6 Å². The Morgan fingerprint density at radius 2 is 1.90 bits per heavy atom. The molecule has 9 nitrogen and oxygen atoms in total. The summed E-state index contributed by atoms with van der Waals surface area (Å²) in [7, 11) is 1.58. The number of aliphatic hydroxyl groups is 1. The van der Waals surface area contributed by atoms with Gasteiger partial charge in [0.05, 0.1) is 25.2 Å². The van der Waals surface area contributed by atoms with Gasteiger partial charge in [0.15, 0.2) is 0 Å². The molecule has 3 aliphatic rings. The molecule has 1 spiro atoms. The Kier molecular flexibility index (Phi) is 9.92. The standard InChI is InChI=1S/C32H44N2O7/c1-5-8-9-12-22-40-30(38)26-25-28(36)34(20-10-11-21-35)27(32(25)18-17-31(26,7-3)41-32)29(37)33(19-6-2)23-13-15-24(39-4)16-14-23/h5-6,13-16,25-27,35H,1-2,7-12,17-22H2,3-4H3/t25-,26+,27?,31-,32?/m0/s1. The molecule has 1 aromatic rings. The molecule has 224 valence electrons. The molecule has 41 heavy (non-hydrogen) atoms. The Bertz CT molecular complexity index is 1120. The van der Waals surface area contributed by atoms with Gasteiger partial charge < -0.3 is 29.1 Å². The van der Waals surface area contributed by atoms with Crippen molar-refractivity contribution in [3.63, 3.8) is 0 Å². The fraction of sp³-hybridized carbons (Fsp3) is 0.594. The molecule has 0 aromatic heterocycles. The Morgan fingerprint density at radius 3 is 2.54 bits per heavy atom. The van der Waals surface area contributed by atoms with Crippen LogP contribution >= 0.6 is 0 Å². The Hall–Kier alpha value is -3.17. The number of hydrogen-bond donors (Lipinski definition) is 1. The number of benzene rings is 1. The smallest absolute Gasteiger partial charge is 0.312 e. The fourth-order valence-electron chi connectivity index (χ4n) is 7.01. The summed E-state index contributed by atoms with van der Waals surface area (Å²) in [6, 6.07) is 6.25. The van der Waals surface area contributed by atoms with Gasteiger partial charge in [-0.2, -0.15) is 0 Å². The molecule has 0 aliphatic carbocycles. The Labute approximate surface area is 243 Å². The van der Waals surface area contributed by atoms with Gasteiger partial charge in [-0.15, -0.1) is 13.2 Å². The van der Waals surface area contributed by atoms with Crippen LogP contribution in [0.25, 0.3) is 0 Å². The number of carbonyl (C=O) groups is 3. The van der Waals surface area contributed by atoms with E-state index in [-0.39, 0.29) is 38.1 Å². The number of amides is 2. The minimum absolute atomic E-state index is 0.0140. The largest absolute Gasteiger partial charge is 0.497 e. The summed E-state index contributed by atoms with van der Waals surface area (Å²) >= 11 is 0. The Balaban J connectivity index is 1.70. The van der Waals surface area contributed by atoms with Crippen LogP contribution in [0.5, 0.6) is 5.75 Å². The lowest BCUT2D eigenvalue weighted by Gasteiger charge is -2.37. The van der Waals surface area contributed by atoms with Gasteiger partial charge in [-0.1, -0.05) is 19.1 Å². The maximum atomic E-state index is 14.5. The lowest BCUT2D eigenvalue weighted by molar-refractivity contribution is -0.161. The van der Waals surface area contributed by atoms with Crippen molar-refractivity contribution < 1.29 is 33.7 Å². The van der Waals surface area contributed by atoms with E-state index in [0.717, 1.165) is 12.8 Å². The van der Waals surface area contributed by atoms with E-state index in [9.17, 15) is 19.5 Å². The van der Waals surface area contributed by atoms with E-state index in [4.69, 9.17) is 14.2 Å². The average molecular weight is 569 g/mol. The van der Waals surface area contributed by atoms with Crippen molar-refractivity contribution in [1.29, 1.82) is 0 Å². The third-order valence-corrected chi connectivity index (χ3v) is 8.98. The maximum Gasteiger partial charge on any atom is 0.312 e. The summed E-state index contributed by atoms with van der Waals surface area (Å²) in [4.78, 5) is 45.6. The molecule has 3 fully saturated rings. The average Bonchev–Trinajstić information content (AvgIpc) is 3.59. The van der Waals surface area contributed by atoms with E-state index in [1.165, 1.54) is 0 Å². The third kappa shape index (κ3) is 5.54. The zero-order valence-corrected chi connectivity index (χ0v) is 24.4. The highest BCUT2D eigenvalue weighted by molar-refractivity contribution is 6.04. The number of rotatable bonds is 16. The first-order chi connectivity index (χ1) is 19.8. The van der Waals surface area contributed by atoms with E-state index < -0.39 is 35.0 Å². The highest BCUT2D eigenvalue weighted by Gasteiger charge is 2.79. The minimum atomic E-state index is -1.14. The summed E-state index contributed by atoms with van der Waals surface area (Å²) in [6.07, 6.45) is 8.52. The fourth-order valence-corrected chi connectivity index (χ4v) is 7.01. The number of nitrogens with zero attached hydrogens (tertiary/aromatic N) is 2. The van der Waals surface area contributed by atoms with Crippen LogP contribution in [0.3, 0.4) is 0 Å². The summed E-state index contributed by atoms with van der Waals surface area (Å²) in [5.41, 5.74) is -1.34. The van der Waals surface area contributed by atoms with Crippen molar-refractivity contribution in [2.75, 3.05) is 38.3 Å². The van der Waals surface area contributed by atoms with Crippen molar-refractivity contribution >= 4 is 23.5 Å². The number of esters is 1. The second kappa shape index (κ2) is 13.2. The molecule has 3 heterocycles. The van der Waals surface area contributed by atoms with Crippen molar-refractivity contribution in [3.8, 4) is 5.75 Å². The molecule has 2 bridgehead atoms. The van der Waals surface area contributed by atoms with Crippen LogP contribution in [0.1, 0.15) is 58.3 Å². The lowest BCUT2D eigenvalue weighted by Crippen LogP contribution is -2.56. The van der Waals surface area contributed by atoms with E-state index in [1.807, 2.05) is 13.0 Å². The van der Waals surface area contributed by atoms with Gasteiger partial charge >= 0.3 is 5.97 Å². The SMILES string of the molecule is C=CCCCCOC(=O)[C@H]1[C@H]2C(=O)N(CCCCO)C(C(=O)N(CC=C)c3ccc(OC)cc3)C23CC[C@]1(CC)O3. The number of ether oxygens (including phenoxy) is 3. The van der Waals surface area contributed by atoms with Gasteiger partial charge in [0, 0.05) is 25.4 Å². The van der Waals surface area contributed by atoms with Gasteiger partial charge in [0.2, 0.25) is 5.91 Å². The topological polar surface area (TPSA) is 106 Å². The third-order valence-electron chi connectivity index (χ3n) is 8.98. The van der Waals surface area contributed by atoms with Gasteiger partial charge in [-0.25, -0.2) is 0 Å². The van der Waals surface area contributed by atoms with Gasteiger partial charge in [0.1, 0.15) is 23.3 Å². The number of anilines is 1.